The van der Waals surface area contributed by atoms with Crippen molar-refractivity contribution in [2.45, 2.75) is 58.8 Å². The third kappa shape index (κ3) is 8.00. The lowest BCUT2D eigenvalue weighted by Crippen LogP contribution is -2.18. The van der Waals surface area contributed by atoms with Crippen LogP contribution in [0.3, 0.4) is 0 Å². The fourth-order valence-corrected chi connectivity index (χ4v) is 7.88. The molecule has 0 N–H and O–H groups in total. The van der Waals surface area contributed by atoms with E-state index in [0.29, 0.717) is 18.7 Å². The zero-order valence-electron chi connectivity index (χ0n) is 14.7. The summed E-state index contributed by atoms with van der Waals surface area (Å²) in [7, 11) is -7.21. The van der Waals surface area contributed by atoms with Crippen LogP contribution in [0.2, 0.25) is 0 Å². The Morgan fingerprint density at radius 1 is 0.739 bits per heavy atom. The van der Waals surface area contributed by atoms with E-state index in [-0.39, 0.29) is 26.4 Å². The van der Waals surface area contributed by atoms with Gasteiger partial charge in [0, 0.05) is 5.88 Å². The zero-order chi connectivity index (χ0) is 17.8. The van der Waals surface area contributed by atoms with Gasteiger partial charge in [-0.3, -0.25) is 9.13 Å². The number of unbranched alkanes of at least 4 members (excludes halogenated alkanes) is 2. The Labute approximate surface area is 145 Å². The smallest absolute Gasteiger partial charge is 0.308 e. The van der Waals surface area contributed by atoms with Crippen molar-refractivity contribution < 1.29 is 27.2 Å². The topological polar surface area (TPSA) is 71.1 Å². The molecule has 0 aromatic heterocycles. The first-order valence-electron chi connectivity index (χ1n) is 8.27. The van der Waals surface area contributed by atoms with Gasteiger partial charge < -0.3 is 18.1 Å². The minimum absolute atomic E-state index is 0.202. The van der Waals surface area contributed by atoms with Crippen LogP contribution in [0.5, 0.6) is 0 Å². The number of hydrogen-bond donors (Lipinski definition) is 0. The molecule has 0 aliphatic heterocycles. The van der Waals surface area contributed by atoms with Crippen LogP contribution >= 0.6 is 26.8 Å². The number of hydrogen-bond acceptors (Lipinski definition) is 6. The Morgan fingerprint density at radius 3 is 1.43 bits per heavy atom. The summed E-state index contributed by atoms with van der Waals surface area (Å²) in [5, 5.41) is -0.912. The van der Waals surface area contributed by atoms with E-state index in [4.69, 9.17) is 29.7 Å². The van der Waals surface area contributed by atoms with Gasteiger partial charge in [0.2, 0.25) is 0 Å². The molecule has 0 saturated carbocycles. The standard InChI is InChI=1S/C14H31ClO6P2/c1-5-18-22(16,19-6-2)14(12-10-9-11-13-15)23(17,20-7-3)21-8-4/h14H,5-13H2,1-4H3. The van der Waals surface area contributed by atoms with Gasteiger partial charge in [0.15, 0.2) is 5.40 Å². The lowest BCUT2D eigenvalue weighted by molar-refractivity contribution is 0.193. The second-order valence-electron chi connectivity index (χ2n) is 4.77. The molecule has 140 valence electrons. The molecular weight excluding hydrogens is 362 g/mol. The first kappa shape index (κ1) is 23.6. The molecule has 0 aromatic carbocycles. The summed E-state index contributed by atoms with van der Waals surface area (Å²) in [5.41, 5.74) is 0. The molecule has 9 heteroatoms. The third-order valence-corrected chi connectivity index (χ3v) is 9.48. The van der Waals surface area contributed by atoms with Crippen molar-refractivity contribution in [1.82, 2.24) is 0 Å². The van der Waals surface area contributed by atoms with Crippen molar-refractivity contribution in [3.8, 4) is 0 Å². The average molecular weight is 393 g/mol. The Morgan fingerprint density at radius 2 is 1.13 bits per heavy atom. The van der Waals surface area contributed by atoms with Crippen LogP contribution in [-0.2, 0) is 27.2 Å². The monoisotopic (exact) mass is 392 g/mol. The maximum atomic E-state index is 13.2. The molecule has 0 spiro atoms. The zero-order valence-corrected chi connectivity index (χ0v) is 17.2. The minimum atomic E-state index is -3.61. The fourth-order valence-electron chi connectivity index (χ4n) is 2.23. The molecule has 0 saturated heterocycles. The predicted octanol–water partition coefficient (Wildman–Crippen LogP) is 5.64. The molecule has 0 amide bonds. The summed E-state index contributed by atoms with van der Waals surface area (Å²) in [6.45, 7) is 7.71. The largest absolute Gasteiger partial charge is 0.345 e. The van der Waals surface area contributed by atoms with E-state index in [1.54, 1.807) is 27.7 Å². The van der Waals surface area contributed by atoms with Crippen molar-refractivity contribution in [3.05, 3.63) is 0 Å². The quantitative estimate of drug-likeness (QED) is 0.204. The summed E-state index contributed by atoms with van der Waals surface area (Å²) in [5.74, 6) is 0.563. The molecule has 0 heterocycles. The second-order valence-corrected chi connectivity index (χ2v) is 9.99. The molecular formula is C14H31ClO6P2. The van der Waals surface area contributed by atoms with Crippen LogP contribution in [0, 0.1) is 0 Å². The first-order chi connectivity index (χ1) is 10.9. The fraction of sp³-hybridized carbons (Fsp3) is 1.00. The first-order valence-corrected chi connectivity index (χ1v) is 12.0. The van der Waals surface area contributed by atoms with E-state index < -0.39 is 20.6 Å². The highest BCUT2D eigenvalue weighted by atomic mass is 35.5. The van der Waals surface area contributed by atoms with Gasteiger partial charge >= 0.3 is 15.2 Å². The normalized spacial score (nSPS) is 13.0. The van der Waals surface area contributed by atoms with Crippen LogP contribution in [0.25, 0.3) is 0 Å². The predicted molar refractivity (Wildman–Crippen MR) is 94.7 cm³/mol. The van der Waals surface area contributed by atoms with Crippen molar-refractivity contribution in [2.75, 3.05) is 32.3 Å². The highest BCUT2D eigenvalue weighted by Crippen LogP contribution is 2.71. The molecule has 6 nitrogen and oxygen atoms in total. The van der Waals surface area contributed by atoms with E-state index in [1.165, 1.54) is 0 Å². The van der Waals surface area contributed by atoms with Crippen LogP contribution in [-0.4, -0.2) is 37.7 Å². The van der Waals surface area contributed by atoms with E-state index in [2.05, 4.69) is 0 Å². The van der Waals surface area contributed by atoms with Gasteiger partial charge in [-0.15, -0.1) is 11.6 Å². The molecule has 0 atom stereocenters. The Hall–Kier alpha value is 0.590. The van der Waals surface area contributed by atoms with Gasteiger partial charge in [0.05, 0.1) is 26.4 Å². The average Bonchev–Trinajstić information content (AvgIpc) is 2.47. The van der Waals surface area contributed by atoms with Gasteiger partial charge in [0.1, 0.15) is 0 Å². The molecule has 0 bridgehead atoms. The summed E-state index contributed by atoms with van der Waals surface area (Å²) >= 11 is 5.69. The van der Waals surface area contributed by atoms with Gasteiger partial charge in [-0.05, 0) is 40.5 Å². The summed E-state index contributed by atoms with van der Waals surface area (Å²) in [6.07, 6.45) is 2.77. The van der Waals surface area contributed by atoms with Crippen molar-refractivity contribution >= 4 is 26.8 Å². The van der Waals surface area contributed by atoms with Crippen LogP contribution < -0.4 is 0 Å². The lowest BCUT2D eigenvalue weighted by atomic mass is 10.2. The number of halogens is 1. The van der Waals surface area contributed by atoms with Gasteiger partial charge in [-0.25, -0.2) is 0 Å². The van der Waals surface area contributed by atoms with Crippen molar-refractivity contribution in [1.29, 1.82) is 0 Å². The number of alkyl halides is 1. The van der Waals surface area contributed by atoms with Gasteiger partial charge in [-0.2, -0.15) is 0 Å². The Balaban J connectivity index is 5.47. The van der Waals surface area contributed by atoms with Crippen LogP contribution in [0.4, 0.5) is 0 Å². The summed E-state index contributed by atoms with van der Waals surface area (Å²) < 4.78 is 48.0. The molecule has 0 aliphatic carbocycles. The van der Waals surface area contributed by atoms with Crippen LogP contribution in [0.1, 0.15) is 53.4 Å². The third-order valence-electron chi connectivity index (χ3n) is 3.06. The van der Waals surface area contributed by atoms with Crippen LogP contribution in [0.15, 0.2) is 0 Å². The molecule has 23 heavy (non-hydrogen) atoms. The molecule has 0 fully saturated rings. The molecule has 0 radical (unpaired) electrons. The number of rotatable bonds is 15. The Kier molecular flexibility index (Phi) is 13.2. The SMILES string of the molecule is CCOP(=O)(OCC)C(CCCCCCl)P(=O)(OCC)OCC. The lowest BCUT2D eigenvalue weighted by Gasteiger charge is -2.31. The highest BCUT2D eigenvalue weighted by molar-refractivity contribution is 7.72. The second kappa shape index (κ2) is 12.9. The minimum Gasteiger partial charge on any atom is -0.308 e. The Bertz CT molecular complexity index is 343. The van der Waals surface area contributed by atoms with E-state index >= 15 is 0 Å². The summed E-state index contributed by atoms with van der Waals surface area (Å²) in [6, 6.07) is 0. The maximum Gasteiger partial charge on any atom is 0.345 e. The summed E-state index contributed by atoms with van der Waals surface area (Å²) in [4.78, 5) is 0. The van der Waals surface area contributed by atoms with E-state index in [1.807, 2.05) is 0 Å². The van der Waals surface area contributed by atoms with Gasteiger partial charge in [-0.1, -0.05) is 12.8 Å². The van der Waals surface area contributed by atoms with Crippen molar-refractivity contribution in [2.24, 2.45) is 0 Å². The van der Waals surface area contributed by atoms with Crippen molar-refractivity contribution in [3.63, 3.8) is 0 Å². The van der Waals surface area contributed by atoms with E-state index in [0.717, 1.165) is 12.8 Å². The van der Waals surface area contributed by atoms with Gasteiger partial charge in [0.25, 0.3) is 0 Å². The molecule has 0 aromatic rings. The maximum absolute atomic E-state index is 13.2. The molecule has 0 aliphatic rings. The molecule has 0 unspecified atom stereocenters. The highest BCUT2D eigenvalue weighted by Gasteiger charge is 2.50. The molecule has 0 rings (SSSR count). The van der Waals surface area contributed by atoms with E-state index in [9.17, 15) is 9.13 Å².